The third-order valence-corrected chi connectivity index (χ3v) is 7.17. The molecule has 0 amide bonds. The van der Waals surface area contributed by atoms with Crippen molar-refractivity contribution >= 4 is 21.6 Å². The zero-order chi connectivity index (χ0) is 23.5. The van der Waals surface area contributed by atoms with Crippen LogP contribution in [0.5, 0.6) is 5.75 Å². The molecule has 1 fully saturated rings. The highest BCUT2D eigenvalue weighted by Gasteiger charge is 2.26. The molecule has 8 heteroatoms. The fourth-order valence-electron chi connectivity index (χ4n) is 4.46. The summed E-state index contributed by atoms with van der Waals surface area (Å²) in [5, 5.41) is 15.8. The van der Waals surface area contributed by atoms with Crippen molar-refractivity contribution in [1.29, 1.82) is 0 Å². The number of ether oxygens (including phenoxy) is 1. The summed E-state index contributed by atoms with van der Waals surface area (Å²) in [7, 11) is 0. The van der Waals surface area contributed by atoms with E-state index in [1.54, 1.807) is 11.3 Å². The summed E-state index contributed by atoms with van der Waals surface area (Å²) in [6.45, 7) is 8.51. The van der Waals surface area contributed by atoms with E-state index in [4.69, 9.17) is 9.26 Å². The summed E-state index contributed by atoms with van der Waals surface area (Å²) >= 11 is 1.67. The molecule has 1 aliphatic heterocycles. The number of fused-ring (bicyclic) bond motifs is 1. The number of aliphatic hydroxyl groups excluding tert-OH is 1. The third kappa shape index (κ3) is 5.47. The number of aliphatic hydroxyl groups is 1. The molecule has 0 bridgehead atoms. The molecule has 5 rings (SSSR count). The van der Waals surface area contributed by atoms with Gasteiger partial charge in [0.15, 0.2) is 5.76 Å². The van der Waals surface area contributed by atoms with Crippen molar-refractivity contribution in [3.63, 3.8) is 0 Å². The van der Waals surface area contributed by atoms with Crippen molar-refractivity contribution < 1.29 is 14.4 Å². The molecule has 0 saturated carbocycles. The maximum absolute atomic E-state index is 10.6. The predicted octanol–water partition coefficient (Wildman–Crippen LogP) is 4.21. The standard InChI is InChI=1S/C26H30N4O3S/c1-18-14-29(15-21(31)17-32-22-8-9-26-25(12-22)27-19(2)34-26)10-11-30(18)16-23-13-24(28-33-23)20-6-4-3-5-7-20/h3-9,12-13,18,21,31H,10-11,14-17H2,1-2H3/t18-,21-/m0/s1. The van der Waals surface area contributed by atoms with E-state index in [2.05, 4.69) is 26.9 Å². The second-order valence-corrected chi connectivity index (χ2v) is 10.2. The van der Waals surface area contributed by atoms with Crippen LogP contribution < -0.4 is 4.74 Å². The van der Waals surface area contributed by atoms with Gasteiger partial charge in [-0.3, -0.25) is 9.80 Å². The van der Waals surface area contributed by atoms with Gasteiger partial charge >= 0.3 is 0 Å². The first-order valence-corrected chi connectivity index (χ1v) is 12.5. The number of aromatic nitrogens is 2. The minimum atomic E-state index is -0.547. The van der Waals surface area contributed by atoms with Crippen molar-refractivity contribution in [1.82, 2.24) is 19.9 Å². The SMILES string of the molecule is Cc1nc2cc(OC[C@@H](O)CN3CCN(Cc4cc(-c5ccccc5)no4)[C@@H](C)C3)ccc2s1. The first-order valence-electron chi connectivity index (χ1n) is 11.7. The Morgan fingerprint density at radius 1 is 1.18 bits per heavy atom. The number of hydrogen-bond acceptors (Lipinski definition) is 8. The average molecular weight is 479 g/mol. The molecule has 7 nitrogen and oxygen atoms in total. The fourth-order valence-corrected chi connectivity index (χ4v) is 5.27. The Morgan fingerprint density at radius 3 is 2.85 bits per heavy atom. The Balaban J connectivity index is 1.09. The molecule has 178 valence electrons. The van der Waals surface area contributed by atoms with Crippen LogP contribution in [0.1, 0.15) is 17.7 Å². The second kappa shape index (κ2) is 10.2. The van der Waals surface area contributed by atoms with Crippen LogP contribution in [0.2, 0.25) is 0 Å². The lowest BCUT2D eigenvalue weighted by Crippen LogP contribution is -2.53. The molecule has 2 atom stereocenters. The summed E-state index contributed by atoms with van der Waals surface area (Å²) in [5.74, 6) is 1.62. The Bertz CT molecular complexity index is 1230. The van der Waals surface area contributed by atoms with E-state index in [9.17, 15) is 5.11 Å². The minimum absolute atomic E-state index is 0.267. The molecule has 0 radical (unpaired) electrons. The van der Waals surface area contributed by atoms with E-state index in [1.807, 2.05) is 61.5 Å². The molecule has 1 N–H and O–H groups in total. The monoisotopic (exact) mass is 478 g/mol. The number of piperazine rings is 1. The van der Waals surface area contributed by atoms with Crippen molar-refractivity contribution in [2.75, 3.05) is 32.8 Å². The molecule has 0 unspecified atom stereocenters. The lowest BCUT2D eigenvalue weighted by Gasteiger charge is -2.40. The average Bonchev–Trinajstić information content (AvgIpc) is 3.45. The van der Waals surface area contributed by atoms with Gasteiger partial charge in [0.25, 0.3) is 0 Å². The van der Waals surface area contributed by atoms with E-state index in [0.717, 1.165) is 64.2 Å². The largest absolute Gasteiger partial charge is 0.491 e. The van der Waals surface area contributed by atoms with E-state index in [0.29, 0.717) is 12.6 Å². The minimum Gasteiger partial charge on any atom is -0.491 e. The number of aryl methyl sites for hydroxylation is 1. The second-order valence-electron chi connectivity index (χ2n) is 8.95. The van der Waals surface area contributed by atoms with Crippen molar-refractivity contribution in [2.24, 2.45) is 0 Å². The smallest absolute Gasteiger partial charge is 0.151 e. The lowest BCUT2D eigenvalue weighted by atomic mass is 10.1. The summed E-state index contributed by atoms with van der Waals surface area (Å²) in [6, 6.07) is 18.4. The Morgan fingerprint density at radius 2 is 2.03 bits per heavy atom. The first kappa shape index (κ1) is 23.0. The zero-order valence-electron chi connectivity index (χ0n) is 19.6. The predicted molar refractivity (Wildman–Crippen MR) is 134 cm³/mol. The summed E-state index contributed by atoms with van der Waals surface area (Å²) in [5.41, 5.74) is 2.88. The highest BCUT2D eigenvalue weighted by molar-refractivity contribution is 7.18. The molecule has 0 aliphatic carbocycles. The normalized spacial score (nSPS) is 18.4. The van der Waals surface area contributed by atoms with Crippen LogP contribution in [-0.2, 0) is 6.54 Å². The van der Waals surface area contributed by atoms with Gasteiger partial charge in [0.2, 0.25) is 0 Å². The van der Waals surface area contributed by atoms with E-state index < -0.39 is 6.10 Å². The van der Waals surface area contributed by atoms with Crippen LogP contribution in [0, 0.1) is 6.92 Å². The van der Waals surface area contributed by atoms with Crippen molar-refractivity contribution in [2.45, 2.75) is 32.5 Å². The maximum Gasteiger partial charge on any atom is 0.151 e. The van der Waals surface area contributed by atoms with Gasteiger partial charge in [-0.25, -0.2) is 4.98 Å². The number of β-amino-alcohol motifs (C(OH)–C–C–N with tert-alkyl or cyclic N) is 1. The van der Waals surface area contributed by atoms with Gasteiger partial charge in [-0.15, -0.1) is 11.3 Å². The Labute approximate surface area is 203 Å². The number of benzene rings is 2. The van der Waals surface area contributed by atoms with Crippen molar-refractivity contribution in [3.05, 3.63) is 65.4 Å². The summed E-state index contributed by atoms with van der Waals surface area (Å²) in [4.78, 5) is 9.22. The zero-order valence-corrected chi connectivity index (χ0v) is 20.4. The molecule has 1 aliphatic rings. The molecular formula is C26H30N4O3S. The Kier molecular flexibility index (Phi) is 6.92. The molecule has 2 aromatic carbocycles. The van der Waals surface area contributed by atoms with Crippen LogP contribution in [0.3, 0.4) is 0 Å². The number of rotatable bonds is 8. The quantitative estimate of drug-likeness (QED) is 0.407. The summed E-state index contributed by atoms with van der Waals surface area (Å²) < 4.78 is 12.6. The van der Waals surface area contributed by atoms with Crippen LogP contribution in [0.4, 0.5) is 0 Å². The molecule has 3 heterocycles. The summed E-state index contributed by atoms with van der Waals surface area (Å²) in [6.07, 6.45) is -0.547. The number of thiazole rings is 1. The molecule has 4 aromatic rings. The van der Waals surface area contributed by atoms with Gasteiger partial charge in [-0.1, -0.05) is 35.5 Å². The topological polar surface area (TPSA) is 74.9 Å². The Hall–Kier alpha value is -2.78. The van der Waals surface area contributed by atoms with Gasteiger partial charge in [0.05, 0.1) is 21.8 Å². The van der Waals surface area contributed by atoms with Crippen LogP contribution in [0.15, 0.2) is 59.1 Å². The highest BCUT2D eigenvalue weighted by atomic mass is 32.1. The molecular weight excluding hydrogens is 448 g/mol. The van der Waals surface area contributed by atoms with Crippen molar-refractivity contribution in [3.8, 4) is 17.0 Å². The van der Waals surface area contributed by atoms with E-state index in [1.165, 1.54) is 0 Å². The van der Waals surface area contributed by atoms with E-state index in [-0.39, 0.29) is 6.61 Å². The number of nitrogens with zero attached hydrogens (tertiary/aromatic N) is 4. The van der Waals surface area contributed by atoms with Gasteiger partial charge < -0.3 is 14.4 Å². The van der Waals surface area contributed by atoms with Crippen LogP contribution in [0.25, 0.3) is 21.5 Å². The molecule has 34 heavy (non-hydrogen) atoms. The number of hydrogen-bond donors (Lipinski definition) is 1. The maximum atomic E-state index is 10.6. The molecule has 2 aromatic heterocycles. The highest BCUT2D eigenvalue weighted by Crippen LogP contribution is 2.26. The van der Waals surface area contributed by atoms with Crippen LogP contribution >= 0.6 is 11.3 Å². The van der Waals surface area contributed by atoms with E-state index >= 15 is 0 Å². The van der Waals surface area contributed by atoms with Gasteiger partial charge in [0.1, 0.15) is 24.2 Å². The van der Waals surface area contributed by atoms with Gasteiger partial charge in [0, 0.05) is 49.9 Å². The van der Waals surface area contributed by atoms with Gasteiger partial charge in [-0.05, 0) is 26.0 Å². The molecule has 1 saturated heterocycles. The van der Waals surface area contributed by atoms with Crippen LogP contribution in [-0.4, -0.2) is 70.0 Å². The first-order chi connectivity index (χ1) is 16.5. The lowest BCUT2D eigenvalue weighted by molar-refractivity contribution is 0.0231. The third-order valence-electron chi connectivity index (χ3n) is 6.21. The van der Waals surface area contributed by atoms with Gasteiger partial charge in [-0.2, -0.15) is 0 Å². The fraction of sp³-hybridized carbons (Fsp3) is 0.385. The molecule has 0 spiro atoms.